The van der Waals surface area contributed by atoms with Gasteiger partial charge in [-0.2, -0.15) is 0 Å². The van der Waals surface area contributed by atoms with E-state index in [0.29, 0.717) is 34.5 Å². The number of imidazole rings is 1. The first kappa shape index (κ1) is 25.1. The van der Waals surface area contributed by atoms with Crippen LogP contribution in [-0.2, 0) is 27.7 Å². The second-order valence-electron chi connectivity index (χ2n) is 8.50. The average Bonchev–Trinajstić information content (AvgIpc) is 3.31. The van der Waals surface area contributed by atoms with Gasteiger partial charge in [-0.1, -0.05) is 45.4 Å². The predicted molar refractivity (Wildman–Crippen MR) is 131 cm³/mol. The van der Waals surface area contributed by atoms with Crippen molar-refractivity contribution in [2.45, 2.75) is 57.7 Å². The Balaban J connectivity index is 2.16. The highest BCUT2D eigenvalue weighted by atomic mass is 32.2. The van der Waals surface area contributed by atoms with Crippen molar-refractivity contribution < 1.29 is 17.9 Å². The Morgan fingerprint density at radius 2 is 2.06 bits per heavy atom. The first-order valence-electron chi connectivity index (χ1n) is 11.0. The molecule has 2 N–H and O–H groups in total. The molecule has 9 heteroatoms. The van der Waals surface area contributed by atoms with Crippen LogP contribution in [0.3, 0.4) is 0 Å². The van der Waals surface area contributed by atoms with Gasteiger partial charge in [0.1, 0.15) is 10.0 Å². The van der Waals surface area contributed by atoms with Gasteiger partial charge >= 0.3 is 5.97 Å². The molecule has 0 fully saturated rings. The van der Waals surface area contributed by atoms with Crippen LogP contribution in [0, 0.1) is 12.8 Å². The third-order valence-corrected chi connectivity index (χ3v) is 7.90. The number of hydrogen-bond donors (Lipinski definition) is 1. The van der Waals surface area contributed by atoms with Crippen LogP contribution < -0.4 is 5.14 Å². The summed E-state index contributed by atoms with van der Waals surface area (Å²) in [4.78, 5) is 18.1. The molecule has 0 aliphatic heterocycles. The zero-order valence-corrected chi connectivity index (χ0v) is 21.1. The van der Waals surface area contributed by atoms with Crippen LogP contribution in [0.25, 0.3) is 11.1 Å². The molecule has 0 spiro atoms. The Kier molecular flexibility index (Phi) is 8.10. The number of thiophene rings is 1. The summed E-state index contributed by atoms with van der Waals surface area (Å²) in [7, 11) is -4.05. The van der Waals surface area contributed by atoms with Crippen LogP contribution in [0.5, 0.6) is 0 Å². The molecule has 0 atom stereocenters. The molecule has 7 nitrogen and oxygen atoms in total. The van der Waals surface area contributed by atoms with E-state index in [1.807, 2.05) is 62.7 Å². The number of benzene rings is 1. The van der Waals surface area contributed by atoms with Gasteiger partial charge in [-0.05, 0) is 42.9 Å². The molecule has 1 aromatic carbocycles. The average molecular weight is 490 g/mol. The number of hydrogen-bond acceptors (Lipinski definition) is 6. The summed E-state index contributed by atoms with van der Waals surface area (Å²) in [6.07, 6.45) is 5.81. The van der Waals surface area contributed by atoms with Crippen molar-refractivity contribution in [3.63, 3.8) is 0 Å². The summed E-state index contributed by atoms with van der Waals surface area (Å²) in [6.45, 7) is 8.84. The smallest absolute Gasteiger partial charge is 0.339 e. The Labute approximate surface area is 199 Å². The summed E-state index contributed by atoms with van der Waals surface area (Å²) >= 11 is 1.07. The molecule has 0 saturated heterocycles. The quantitative estimate of drug-likeness (QED) is 0.326. The maximum Gasteiger partial charge on any atom is 0.339 e. The molecule has 0 aliphatic carbocycles. The van der Waals surface area contributed by atoms with Crippen molar-refractivity contribution in [1.29, 1.82) is 0 Å². The SMILES string of the molecule is CCCCOC(=O)c1c(CC(C)C)sc(S(N)(=O)=O)c1-c1cccc(Cn2ccnc2C)c1. The lowest BCUT2D eigenvalue weighted by atomic mass is 9.98. The fourth-order valence-corrected chi connectivity index (χ4v) is 6.14. The lowest BCUT2D eigenvalue weighted by Crippen LogP contribution is -2.13. The lowest BCUT2D eigenvalue weighted by Gasteiger charge is -2.12. The fourth-order valence-electron chi connectivity index (χ4n) is 3.62. The third kappa shape index (κ3) is 6.10. The van der Waals surface area contributed by atoms with Crippen LogP contribution in [0.1, 0.15) is 60.2 Å². The zero-order chi connectivity index (χ0) is 24.2. The highest BCUT2D eigenvalue weighted by Gasteiger charge is 2.30. The molecule has 3 aromatic rings. The summed E-state index contributed by atoms with van der Waals surface area (Å²) in [5.74, 6) is 0.597. The highest BCUT2D eigenvalue weighted by Crippen LogP contribution is 2.41. The Morgan fingerprint density at radius 3 is 2.67 bits per heavy atom. The number of rotatable bonds is 10. The van der Waals surface area contributed by atoms with Gasteiger partial charge in [-0.15, -0.1) is 11.3 Å². The summed E-state index contributed by atoms with van der Waals surface area (Å²) in [5, 5.41) is 5.62. The Bertz CT molecular complexity index is 1230. The topological polar surface area (TPSA) is 104 Å². The van der Waals surface area contributed by atoms with Gasteiger partial charge in [0.2, 0.25) is 10.0 Å². The number of nitrogens with two attached hydrogens (primary N) is 1. The van der Waals surface area contributed by atoms with Gasteiger partial charge in [-0.3, -0.25) is 0 Å². The highest BCUT2D eigenvalue weighted by molar-refractivity contribution is 7.91. The van der Waals surface area contributed by atoms with E-state index in [0.717, 1.165) is 35.6 Å². The van der Waals surface area contributed by atoms with Crippen LogP contribution >= 0.6 is 11.3 Å². The van der Waals surface area contributed by atoms with E-state index in [9.17, 15) is 13.2 Å². The van der Waals surface area contributed by atoms with Crippen molar-refractivity contribution in [2.24, 2.45) is 11.1 Å². The molecule has 0 amide bonds. The number of sulfonamides is 1. The van der Waals surface area contributed by atoms with Gasteiger partial charge in [-0.25, -0.2) is 23.3 Å². The van der Waals surface area contributed by atoms with E-state index in [4.69, 9.17) is 9.88 Å². The standard InChI is InChI=1S/C24H31N3O4S2/c1-5-6-12-31-23(28)22-20(13-16(2)3)32-24(33(25,29)30)21(22)19-9-7-8-18(14-19)15-27-11-10-26-17(27)4/h7-11,14,16H,5-6,12-13,15H2,1-4H3,(H2,25,29,30). The predicted octanol–water partition coefficient (Wildman–Crippen LogP) is 4.77. The van der Waals surface area contributed by atoms with E-state index >= 15 is 0 Å². The first-order valence-corrected chi connectivity index (χ1v) is 13.4. The summed E-state index contributed by atoms with van der Waals surface area (Å²) < 4.78 is 32.7. The Hall–Kier alpha value is -2.49. The number of unbranched alkanes of at least 4 members (excludes halogenated alkanes) is 1. The van der Waals surface area contributed by atoms with Crippen molar-refractivity contribution in [3.8, 4) is 11.1 Å². The minimum atomic E-state index is -4.05. The molecule has 178 valence electrons. The maximum atomic E-state index is 13.2. The zero-order valence-electron chi connectivity index (χ0n) is 19.5. The van der Waals surface area contributed by atoms with Crippen molar-refractivity contribution in [1.82, 2.24) is 9.55 Å². The molecule has 0 unspecified atom stereocenters. The molecule has 2 aromatic heterocycles. The minimum absolute atomic E-state index is 0.00319. The maximum absolute atomic E-state index is 13.2. The molecule has 0 aliphatic rings. The minimum Gasteiger partial charge on any atom is -0.462 e. The van der Waals surface area contributed by atoms with Gasteiger partial charge in [0.15, 0.2) is 0 Å². The molecular formula is C24H31N3O4S2. The number of primary sulfonamides is 1. The van der Waals surface area contributed by atoms with Crippen molar-refractivity contribution >= 4 is 27.3 Å². The summed E-state index contributed by atoms with van der Waals surface area (Å²) in [5.41, 5.74) is 2.23. The van der Waals surface area contributed by atoms with Crippen LogP contribution in [0.2, 0.25) is 0 Å². The number of carbonyl (C=O) groups is 1. The molecule has 0 saturated carbocycles. The van der Waals surface area contributed by atoms with Crippen molar-refractivity contribution in [3.05, 3.63) is 58.5 Å². The molecular weight excluding hydrogens is 458 g/mol. The molecule has 0 radical (unpaired) electrons. The fraction of sp³-hybridized carbons (Fsp3) is 0.417. The Morgan fingerprint density at radius 1 is 1.30 bits per heavy atom. The largest absolute Gasteiger partial charge is 0.462 e. The third-order valence-electron chi connectivity index (χ3n) is 5.23. The van der Waals surface area contributed by atoms with Crippen LogP contribution in [0.4, 0.5) is 0 Å². The monoisotopic (exact) mass is 489 g/mol. The van der Waals surface area contributed by atoms with E-state index in [2.05, 4.69) is 4.98 Å². The lowest BCUT2D eigenvalue weighted by molar-refractivity contribution is 0.0500. The van der Waals surface area contributed by atoms with E-state index in [1.165, 1.54) is 0 Å². The van der Waals surface area contributed by atoms with Crippen molar-refractivity contribution in [2.75, 3.05) is 6.61 Å². The molecule has 33 heavy (non-hydrogen) atoms. The van der Waals surface area contributed by atoms with E-state index in [1.54, 1.807) is 6.20 Å². The number of aryl methyl sites for hydroxylation is 1. The van der Waals surface area contributed by atoms with Crippen LogP contribution in [0.15, 0.2) is 40.9 Å². The van der Waals surface area contributed by atoms with E-state index < -0.39 is 16.0 Å². The molecule has 3 rings (SSSR count). The number of ether oxygens (including phenoxy) is 1. The normalized spacial score (nSPS) is 11.8. The van der Waals surface area contributed by atoms with E-state index in [-0.39, 0.29) is 16.7 Å². The number of aromatic nitrogens is 2. The molecule has 0 bridgehead atoms. The first-order chi connectivity index (χ1) is 15.6. The summed E-state index contributed by atoms with van der Waals surface area (Å²) in [6, 6.07) is 7.52. The van der Waals surface area contributed by atoms with Gasteiger partial charge in [0.25, 0.3) is 0 Å². The van der Waals surface area contributed by atoms with Crippen LogP contribution in [-0.4, -0.2) is 30.5 Å². The number of esters is 1. The number of nitrogens with zero attached hydrogens (tertiary/aromatic N) is 2. The number of carbonyl (C=O) groups excluding carboxylic acids is 1. The second-order valence-corrected chi connectivity index (χ2v) is 11.4. The van der Waals surface area contributed by atoms with Gasteiger partial charge in [0.05, 0.1) is 12.2 Å². The van der Waals surface area contributed by atoms with Gasteiger partial charge in [0, 0.05) is 29.4 Å². The molecule has 2 heterocycles. The van der Waals surface area contributed by atoms with Gasteiger partial charge < -0.3 is 9.30 Å². The second kappa shape index (κ2) is 10.6.